The Morgan fingerprint density at radius 1 is 1.43 bits per heavy atom. The Balaban J connectivity index is 1.49. The fourth-order valence-corrected chi connectivity index (χ4v) is 6.78. The van der Waals surface area contributed by atoms with Crippen molar-refractivity contribution >= 4 is 69.1 Å². The van der Waals surface area contributed by atoms with Gasteiger partial charge in [0.2, 0.25) is 11.0 Å². The van der Waals surface area contributed by atoms with Gasteiger partial charge in [0, 0.05) is 10.7 Å². The number of amides is 2. The molecule has 0 spiro atoms. The van der Waals surface area contributed by atoms with Crippen LogP contribution in [0.2, 0.25) is 0 Å². The summed E-state index contributed by atoms with van der Waals surface area (Å²) in [6, 6.07) is 1.12. The van der Waals surface area contributed by atoms with Crippen molar-refractivity contribution in [1.82, 2.24) is 20.4 Å². The minimum absolute atomic E-state index is 0.0733. The van der Waals surface area contributed by atoms with Gasteiger partial charge < -0.3 is 16.2 Å². The second kappa shape index (κ2) is 7.73. The molecule has 2 amide bonds. The number of carbonyl (C=O) groups excluding carboxylic acids is 2. The molecule has 146 valence electrons. The predicted octanol–water partition coefficient (Wildman–Crippen LogP) is 1.21. The summed E-state index contributed by atoms with van der Waals surface area (Å²) in [7, 11) is 0. The van der Waals surface area contributed by atoms with Gasteiger partial charge in [-0.25, -0.2) is 4.79 Å². The molecule has 9 nitrogen and oxygen atoms in total. The van der Waals surface area contributed by atoms with Crippen LogP contribution in [0.4, 0.5) is 5.13 Å². The largest absolute Gasteiger partial charge is 0.477 e. The molecule has 2 aliphatic rings. The van der Waals surface area contributed by atoms with Crippen molar-refractivity contribution in [3.05, 3.63) is 33.0 Å². The summed E-state index contributed by atoms with van der Waals surface area (Å²) in [4.78, 5) is 38.4. The van der Waals surface area contributed by atoms with Gasteiger partial charge >= 0.3 is 5.97 Å². The van der Waals surface area contributed by atoms with Gasteiger partial charge in [-0.2, -0.15) is 11.3 Å². The highest BCUT2D eigenvalue weighted by atomic mass is 32.2. The van der Waals surface area contributed by atoms with E-state index >= 15 is 0 Å². The first kappa shape index (κ1) is 19.2. The Kier molecular flexibility index (Phi) is 5.31. The van der Waals surface area contributed by atoms with Crippen LogP contribution in [0.1, 0.15) is 5.56 Å². The molecular formula is C15H13N5O4S4. The highest BCUT2D eigenvalue weighted by Gasteiger charge is 2.54. The number of carboxylic acid groups (broad SMARTS) is 1. The van der Waals surface area contributed by atoms with E-state index in [-0.39, 0.29) is 23.2 Å². The number of nitrogens with one attached hydrogen (secondary N) is 1. The molecule has 0 saturated carbocycles. The molecule has 2 aromatic rings. The van der Waals surface area contributed by atoms with Crippen molar-refractivity contribution in [3.63, 3.8) is 0 Å². The molecule has 28 heavy (non-hydrogen) atoms. The van der Waals surface area contributed by atoms with E-state index in [4.69, 9.17) is 5.73 Å². The molecule has 13 heteroatoms. The third-order valence-corrected chi connectivity index (χ3v) is 8.11. The smallest absolute Gasteiger partial charge is 0.353 e. The van der Waals surface area contributed by atoms with Crippen molar-refractivity contribution in [2.45, 2.75) is 22.2 Å². The maximum atomic E-state index is 12.6. The molecule has 2 aliphatic heterocycles. The number of hydrogen-bond donors (Lipinski definition) is 3. The lowest BCUT2D eigenvalue weighted by Gasteiger charge is -2.49. The fraction of sp³-hybridized carbons (Fsp3) is 0.267. The Hall–Kier alpha value is -2.09. The average molecular weight is 456 g/mol. The van der Waals surface area contributed by atoms with Crippen molar-refractivity contribution < 1.29 is 19.5 Å². The molecule has 2 atom stereocenters. The van der Waals surface area contributed by atoms with Gasteiger partial charge in [-0.05, 0) is 22.4 Å². The number of nitrogens with zero attached hydrogens (tertiary/aromatic N) is 3. The average Bonchev–Trinajstić information content (AvgIpc) is 3.30. The molecule has 1 fully saturated rings. The third kappa shape index (κ3) is 3.62. The molecule has 0 unspecified atom stereocenters. The minimum atomic E-state index is -1.19. The van der Waals surface area contributed by atoms with Gasteiger partial charge in [-0.3, -0.25) is 14.5 Å². The van der Waals surface area contributed by atoms with Crippen LogP contribution in [0.5, 0.6) is 0 Å². The quantitative estimate of drug-likeness (QED) is 0.549. The molecule has 0 bridgehead atoms. The zero-order valence-corrected chi connectivity index (χ0v) is 17.3. The van der Waals surface area contributed by atoms with Crippen LogP contribution in [0, 0.1) is 0 Å². The molecule has 0 aromatic carbocycles. The predicted molar refractivity (Wildman–Crippen MR) is 108 cm³/mol. The van der Waals surface area contributed by atoms with Crippen LogP contribution in [0.15, 0.2) is 31.8 Å². The Labute approximate surface area is 175 Å². The third-order valence-electron chi connectivity index (χ3n) is 4.03. The number of aliphatic carboxylic acids is 1. The zero-order valence-electron chi connectivity index (χ0n) is 14.0. The van der Waals surface area contributed by atoms with Gasteiger partial charge in [0.25, 0.3) is 5.91 Å². The van der Waals surface area contributed by atoms with E-state index in [1.807, 2.05) is 16.8 Å². The number of carboxylic acids is 1. The Bertz CT molecular complexity index is 973. The number of nitrogen functional groups attached to an aromatic ring is 1. The lowest BCUT2D eigenvalue weighted by molar-refractivity contribution is -0.150. The number of hydrogen-bond acceptors (Lipinski definition) is 10. The summed E-state index contributed by atoms with van der Waals surface area (Å²) in [6.45, 7) is 0. The summed E-state index contributed by atoms with van der Waals surface area (Å²) < 4.78 is 0.513. The van der Waals surface area contributed by atoms with Crippen molar-refractivity contribution in [2.24, 2.45) is 0 Å². The standard InChI is InChI=1S/C15H13N5O4S4/c16-14-18-19-15(28-14)27-7-5-26-12-9(11(22)20(12)10(7)13(23)24)17-8(21)3-6-1-2-25-4-6/h1-2,4,9,12H,3,5H2,(H2,16,18)(H,17,21)(H,23,24)/t9-,12+/m1/s1. The van der Waals surface area contributed by atoms with Crippen LogP contribution in [-0.2, 0) is 20.8 Å². The SMILES string of the molecule is Nc1nnc(SC2=C(C(=O)O)N3C(=O)[C@@H](NC(=O)Cc4ccsc4)[C@@H]3SC2)s1. The van der Waals surface area contributed by atoms with E-state index in [0.717, 1.165) is 28.7 Å². The van der Waals surface area contributed by atoms with E-state index in [1.165, 1.54) is 28.0 Å². The maximum absolute atomic E-state index is 12.6. The zero-order chi connectivity index (χ0) is 19.8. The maximum Gasteiger partial charge on any atom is 0.353 e. The highest BCUT2D eigenvalue weighted by molar-refractivity contribution is 8.07. The van der Waals surface area contributed by atoms with E-state index in [1.54, 1.807) is 0 Å². The first-order chi connectivity index (χ1) is 13.4. The summed E-state index contributed by atoms with van der Waals surface area (Å²) >= 11 is 5.19. The Morgan fingerprint density at radius 2 is 2.25 bits per heavy atom. The number of fused-ring (bicyclic) bond motifs is 1. The molecule has 2 aromatic heterocycles. The van der Waals surface area contributed by atoms with Crippen LogP contribution < -0.4 is 11.1 Å². The first-order valence-electron chi connectivity index (χ1n) is 7.92. The Morgan fingerprint density at radius 3 is 2.89 bits per heavy atom. The fourth-order valence-electron chi connectivity index (χ4n) is 2.84. The molecule has 1 saturated heterocycles. The second-order valence-electron chi connectivity index (χ2n) is 5.85. The lowest BCUT2D eigenvalue weighted by atomic mass is 10.0. The van der Waals surface area contributed by atoms with Crippen LogP contribution >= 0.6 is 46.2 Å². The van der Waals surface area contributed by atoms with Gasteiger partial charge in [-0.1, -0.05) is 23.1 Å². The lowest BCUT2D eigenvalue weighted by Crippen LogP contribution is -2.70. The number of anilines is 1. The highest BCUT2D eigenvalue weighted by Crippen LogP contribution is 2.45. The summed E-state index contributed by atoms with van der Waals surface area (Å²) in [5.74, 6) is -1.50. The number of thiophene rings is 1. The minimum Gasteiger partial charge on any atom is -0.477 e. The van der Waals surface area contributed by atoms with Crippen LogP contribution in [-0.4, -0.2) is 55.2 Å². The summed E-state index contributed by atoms with van der Waals surface area (Å²) in [5.41, 5.74) is 6.37. The van der Waals surface area contributed by atoms with E-state index < -0.39 is 23.3 Å². The van der Waals surface area contributed by atoms with Gasteiger partial charge in [0.15, 0.2) is 4.34 Å². The van der Waals surface area contributed by atoms with E-state index in [0.29, 0.717) is 15.0 Å². The molecular weight excluding hydrogens is 442 g/mol. The molecule has 4 heterocycles. The molecule has 0 radical (unpaired) electrons. The molecule has 4 N–H and O–H groups in total. The molecule has 4 rings (SSSR count). The number of aromatic nitrogens is 2. The van der Waals surface area contributed by atoms with E-state index in [9.17, 15) is 19.5 Å². The van der Waals surface area contributed by atoms with E-state index in [2.05, 4.69) is 15.5 Å². The number of rotatable bonds is 6. The van der Waals surface area contributed by atoms with Crippen molar-refractivity contribution in [2.75, 3.05) is 11.5 Å². The van der Waals surface area contributed by atoms with Gasteiger partial charge in [0.1, 0.15) is 17.1 Å². The number of β-lactam (4-membered cyclic amide) rings is 1. The summed E-state index contributed by atoms with van der Waals surface area (Å²) in [5, 5.41) is 23.6. The van der Waals surface area contributed by atoms with Crippen LogP contribution in [0.3, 0.4) is 0 Å². The first-order valence-corrected chi connectivity index (χ1v) is 11.5. The van der Waals surface area contributed by atoms with Gasteiger partial charge in [0.05, 0.1) is 6.42 Å². The van der Waals surface area contributed by atoms with Crippen molar-refractivity contribution in [1.29, 1.82) is 0 Å². The van der Waals surface area contributed by atoms with Gasteiger partial charge in [-0.15, -0.1) is 22.0 Å². The number of thioether (sulfide) groups is 2. The number of carbonyl (C=O) groups is 3. The normalized spacial score (nSPS) is 21.3. The number of nitrogens with two attached hydrogens (primary N) is 1. The topological polar surface area (TPSA) is 139 Å². The second-order valence-corrected chi connectivity index (χ2v) is 10.1. The summed E-state index contributed by atoms with van der Waals surface area (Å²) in [6.07, 6.45) is 0.186. The van der Waals surface area contributed by atoms with Crippen LogP contribution in [0.25, 0.3) is 0 Å². The van der Waals surface area contributed by atoms with Crippen molar-refractivity contribution in [3.8, 4) is 0 Å². The monoisotopic (exact) mass is 455 g/mol. The molecule has 0 aliphatic carbocycles.